The van der Waals surface area contributed by atoms with E-state index < -0.39 is 6.10 Å². The van der Waals surface area contributed by atoms with Crippen molar-refractivity contribution in [2.75, 3.05) is 0 Å². The summed E-state index contributed by atoms with van der Waals surface area (Å²) < 4.78 is 0. The van der Waals surface area contributed by atoms with Gasteiger partial charge in [-0.2, -0.15) is 11.3 Å². The van der Waals surface area contributed by atoms with Gasteiger partial charge in [0, 0.05) is 10.9 Å². The Bertz CT molecular complexity index is 275. The van der Waals surface area contributed by atoms with Crippen LogP contribution < -0.4 is 0 Å². The summed E-state index contributed by atoms with van der Waals surface area (Å²) in [4.78, 5) is 11.7. The molecule has 1 rings (SSSR count). The third kappa shape index (κ3) is 2.42. The van der Waals surface area contributed by atoms with Crippen LogP contribution in [0.2, 0.25) is 0 Å². The molecular formula is C11H16O2S. The van der Waals surface area contributed by atoms with Crippen LogP contribution in [-0.4, -0.2) is 17.0 Å². The van der Waals surface area contributed by atoms with Crippen molar-refractivity contribution < 1.29 is 9.90 Å². The fraction of sp³-hybridized carbons (Fsp3) is 0.545. The van der Waals surface area contributed by atoms with Gasteiger partial charge in [0.15, 0.2) is 5.78 Å². The first-order valence-corrected chi connectivity index (χ1v) is 5.89. The molecule has 0 spiro atoms. The van der Waals surface area contributed by atoms with Gasteiger partial charge in [0.25, 0.3) is 0 Å². The quantitative estimate of drug-likeness (QED) is 0.762. The highest BCUT2D eigenvalue weighted by Crippen LogP contribution is 2.18. The second-order valence-corrected chi connectivity index (χ2v) is 4.18. The highest BCUT2D eigenvalue weighted by atomic mass is 32.1. The maximum absolute atomic E-state index is 11.7. The summed E-state index contributed by atoms with van der Waals surface area (Å²) >= 11 is 1.48. The second-order valence-electron chi connectivity index (χ2n) is 3.40. The standard InChI is InChI=1S/C11H16O2S/c1-3-8(4-2)10(12)11(13)9-5-6-14-7-9/h5-8,10,12H,3-4H2,1-2H3. The van der Waals surface area contributed by atoms with Crippen molar-refractivity contribution in [2.24, 2.45) is 5.92 Å². The Morgan fingerprint density at radius 1 is 1.50 bits per heavy atom. The van der Waals surface area contributed by atoms with E-state index in [1.807, 2.05) is 19.2 Å². The highest BCUT2D eigenvalue weighted by Gasteiger charge is 2.24. The van der Waals surface area contributed by atoms with Crippen molar-refractivity contribution in [2.45, 2.75) is 32.8 Å². The third-order valence-corrected chi connectivity index (χ3v) is 3.25. The lowest BCUT2D eigenvalue weighted by Gasteiger charge is -2.17. The van der Waals surface area contributed by atoms with Crippen molar-refractivity contribution in [1.82, 2.24) is 0 Å². The first kappa shape index (κ1) is 11.4. The molecule has 3 heteroatoms. The minimum atomic E-state index is -0.834. The molecule has 0 bridgehead atoms. The number of hydrogen-bond donors (Lipinski definition) is 1. The van der Waals surface area contributed by atoms with E-state index in [0.717, 1.165) is 12.8 Å². The number of Topliss-reactive ketones (excluding diaryl/α,β-unsaturated/α-hetero) is 1. The Labute approximate surface area is 88.6 Å². The Morgan fingerprint density at radius 3 is 2.57 bits per heavy atom. The maximum atomic E-state index is 11.7. The number of carbonyl (C=O) groups excluding carboxylic acids is 1. The van der Waals surface area contributed by atoms with Gasteiger partial charge in [0.05, 0.1) is 0 Å². The van der Waals surface area contributed by atoms with Crippen molar-refractivity contribution in [1.29, 1.82) is 0 Å². The average Bonchev–Trinajstić information content (AvgIpc) is 2.71. The number of aliphatic hydroxyl groups excluding tert-OH is 1. The van der Waals surface area contributed by atoms with Gasteiger partial charge in [0.1, 0.15) is 6.10 Å². The molecule has 1 aromatic heterocycles. The molecule has 1 N–H and O–H groups in total. The van der Waals surface area contributed by atoms with Crippen LogP contribution in [0.25, 0.3) is 0 Å². The monoisotopic (exact) mass is 212 g/mol. The number of aliphatic hydroxyl groups is 1. The molecule has 0 radical (unpaired) electrons. The Balaban J connectivity index is 2.69. The zero-order valence-electron chi connectivity index (χ0n) is 8.56. The summed E-state index contributed by atoms with van der Waals surface area (Å²) in [7, 11) is 0. The maximum Gasteiger partial charge on any atom is 0.192 e. The van der Waals surface area contributed by atoms with Gasteiger partial charge in [0.2, 0.25) is 0 Å². The zero-order valence-corrected chi connectivity index (χ0v) is 9.38. The molecule has 0 aliphatic heterocycles. The summed E-state index contributed by atoms with van der Waals surface area (Å²) in [6, 6.07) is 1.76. The summed E-state index contributed by atoms with van der Waals surface area (Å²) in [5.41, 5.74) is 0.634. The molecule has 1 atom stereocenters. The van der Waals surface area contributed by atoms with Crippen molar-refractivity contribution in [3.63, 3.8) is 0 Å². The van der Waals surface area contributed by atoms with Crippen LogP contribution in [0.3, 0.4) is 0 Å². The van der Waals surface area contributed by atoms with E-state index in [2.05, 4.69) is 0 Å². The fourth-order valence-corrected chi connectivity index (χ4v) is 2.17. The molecular weight excluding hydrogens is 196 g/mol. The van der Waals surface area contributed by atoms with Crippen LogP contribution in [0.5, 0.6) is 0 Å². The third-order valence-electron chi connectivity index (χ3n) is 2.57. The molecule has 0 aliphatic rings. The highest BCUT2D eigenvalue weighted by molar-refractivity contribution is 7.08. The summed E-state index contributed by atoms with van der Waals surface area (Å²) in [6.07, 6.45) is 0.848. The number of thiophene rings is 1. The van der Waals surface area contributed by atoms with Crippen LogP contribution in [0.4, 0.5) is 0 Å². The second kappa shape index (κ2) is 5.27. The van der Waals surface area contributed by atoms with E-state index in [9.17, 15) is 9.90 Å². The van der Waals surface area contributed by atoms with Gasteiger partial charge < -0.3 is 5.11 Å². The molecule has 0 saturated heterocycles. The lowest BCUT2D eigenvalue weighted by molar-refractivity contribution is 0.0588. The Morgan fingerprint density at radius 2 is 2.14 bits per heavy atom. The van der Waals surface area contributed by atoms with E-state index in [4.69, 9.17) is 0 Å². The zero-order chi connectivity index (χ0) is 10.6. The SMILES string of the molecule is CCC(CC)C(O)C(=O)c1ccsc1. The van der Waals surface area contributed by atoms with Crippen LogP contribution in [-0.2, 0) is 0 Å². The Hall–Kier alpha value is -0.670. The molecule has 1 unspecified atom stereocenters. The molecule has 0 aromatic carbocycles. The van der Waals surface area contributed by atoms with Gasteiger partial charge in [-0.05, 0) is 17.4 Å². The number of ketones is 1. The van der Waals surface area contributed by atoms with Gasteiger partial charge >= 0.3 is 0 Å². The van der Waals surface area contributed by atoms with Crippen molar-refractivity contribution in [3.05, 3.63) is 22.4 Å². The topological polar surface area (TPSA) is 37.3 Å². The molecule has 2 nitrogen and oxygen atoms in total. The molecule has 0 aliphatic carbocycles. The Kier molecular flexibility index (Phi) is 4.29. The number of rotatable bonds is 5. The first-order chi connectivity index (χ1) is 6.70. The van der Waals surface area contributed by atoms with Crippen molar-refractivity contribution >= 4 is 17.1 Å². The van der Waals surface area contributed by atoms with E-state index in [1.165, 1.54) is 11.3 Å². The van der Waals surface area contributed by atoms with E-state index in [-0.39, 0.29) is 11.7 Å². The molecule has 1 heterocycles. The molecule has 0 fully saturated rings. The molecule has 0 saturated carbocycles. The number of carbonyl (C=O) groups is 1. The van der Waals surface area contributed by atoms with Crippen LogP contribution in [0, 0.1) is 5.92 Å². The summed E-state index contributed by atoms with van der Waals surface area (Å²) in [5, 5.41) is 13.4. The van der Waals surface area contributed by atoms with Gasteiger partial charge in [-0.25, -0.2) is 0 Å². The molecule has 0 amide bonds. The van der Waals surface area contributed by atoms with E-state index >= 15 is 0 Å². The largest absolute Gasteiger partial charge is 0.385 e. The minimum absolute atomic E-state index is 0.0856. The van der Waals surface area contributed by atoms with Crippen LogP contribution >= 0.6 is 11.3 Å². The predicted octanol–water partition coefficient (Wildman–Crippen LogP) is 2.73. The van der Waals surface area contributed by atoms with Gasteiger partial charge in [-0.3, -0.25) is 4.79 Å². The predicted molar refractivity (Wildman–Crippen MR) is 58.7 cm³/mol. The normalized spacial score (nSPS) is 13.1. The lowest BCUT2D eigenvalue weighted by atomic mass is 9.92. The molecule has 78 valence electrons. The van der Waals surface area contributed by atoms with Crippen LogP contribution in [0.15, 0.2) is 16.8 Å². The minimum Gasteiger partial charge on any atom is -0.385 e. The summed E-state index contributed by atoms with van der Waals surface area (Å²) in [6.45, 7) is 4.00. The molecule has 1 aromatic rings. The summed E-state index contributed by atoms with van der Waals surface area (Å²) in [5.74, 6) is -0.0534. The average molecular weight is 212 g/mol. The smallest absolute Gasteiger partial charge is 0.192 e. The number of hydrogen-bond acceptors (Lipinski definition) is 3. The fourth-order valence-electron chi connectivity index (χ4n) is 1.52. The van der Waals surface area contributed by atoms with E-state index in [0.29, 0.717) is 5.56 Å². The lowest BCUT2D eigenvalue weighted by Crippen LogP contribution is -2.28. The van der Waals surface area contributed by atoms with E-state index in [1.54, 1.807) is 11.4 Å². The van der Waals surface area contributed by atoms with Crippen molar-refractivity contribution in [3.8, 4) is 0 Å². The van der Waals surface area contributed by atoms with Gasteiger partial charge in [-0.1, -0.05) is 26.7 Å². The van der Waals surface area contributed by atoms with Crippen LogP contribution in [0.1, 0.15) is 37.0 Å². The van der Waals surface area contributed by atoms with Gasteiger partial charge in [-0.15, -0.1) is 0 Å². The first-order valence-electron chi connectivity index (χ1n) is 4.95. The molecule has 14 heavy (non-hydrogen) atoms.